The number of hydrogen-bond donors (Lipinski definition) is 1. The second kappa shape index (κ2) is 6.58. The number of carbonyl (C=O) groups is 2. The van der Waals surface area contributed by atoms with Gasteiger partial charge >= 0.3 is 5.97 Å². The zero-order valence-electron chi connectivity index (χ0n) is 13.0. The molecular formula is C17H21NO5. The Morgan fingerprint density at radius 3 is 2.78 bits per heavy atom. The van der Waals surface area contributed by atoms with Crippen molar-refractivity contribution in [3.05, 3.63) is 29.8 Å². The molecule has 1 aromatic carbocycles. The van der Waals surface area contributed by atoms with Crippen molar-refractivity contribution in [2.24, 2.45) is 5.41 Å². The summed E-state index contributed by atoms with van der Waals surface area (Å²) in [6, 6.07) is 6.72. The third-order valence-electron chi connectivity index (χ3n) is 4.72. The van der Waals surface area contributed by atoms with Gasteiger partial charge in [0.2, 0.25) is 0 Å². The fourth-order valence-electron chi connectivity index (χ4n) is 3.37. The molecule has 0 radical (unpaired) electrons. The van der Waals surface area contributed by atoms with Gasteiger partial charge in [0, 0.05) is 31.9 Å². The van der Waals surface area contributed by atoms with E-state index in [1.54, 1.807) is 24.3 Å². The molecule has 0 unspecified atom stereocenters. The molecule has 6 heteroatoms. The summed E-state index contributed by atoms with van der Waals surface area (Å²) in [6.07, 6.45) is 3.05. The first-order chi connectivity index (χ1) is 11.1. The lowest BCUT2D eigenvalue weighted by molar-refractivity contribution is -0.139. The van der Waals surface area contributed by atoms with E-state index in [4.69, 9.17) is 14.6 Å². The number of amides is 1. The minimum Gasteiger partial charge on any atom is -0.482 e. The number of carbonyl (C=O) groups excluding carboxylic acids is 1. The summed E-state index contributed by atoms with van der Waals surface area (Å²) in [5, 5.41) is 8.66. The zero-order chi connectivity index (χ0) is 16.3. The van der Waals surface area contributed by atoms with Crippen LogP contribution in [0, 0.1) is 5.41 Å². The molecule has 0 aliphatic carbocycles. The van der Waals surface area contributed by atoms with Crippen LogP contribution in [0.3, 0.4) is 0 Å². The van der Waals surface area contributed by atoms with Crippen molar-refractivity contribution < 1.29 is 24.2 Å². The number of hydrogen-bond acceptors (Lipinski definition) is 4. The Balaban J connectivity index is 1.66. The highest BCUT2D eigenvalue weighted by atomic mass is 16.5. The third kappa shape index (κ3) is 3.64. The van der Waals surface area contributed by atoms with Crippen LogP contribution in [0.5, 0.6) is 5.75 Å². The zero-order valence-corrected chi connectivity index (χ0v) is 13.0. The van der Waals surface area contributed by atoms with Crippen LogP contribution < -0.4 is 4.74 Å². The van der Waals surface area contributed by atoms with Gasteiger partial charge in [0.25, 0.3) is 5.91 Å². The molecule has 23 heavy (non-hydrogen) atoms. The van der Waals surface area contributed by atoms with Crippen LogP contribution in [0.2, 0.25) is 0 Å². The lowest BCUT2D eigenvalue weighted by Crippen LogP contribution is -2.35. The van der Waals surface area contributed by atoms with Crippen molar-refractivity contribution in [2.45, 2.75) is 19.3 Å². The predicted molar refractivity (Wildman–Crippen MR) is 82.6 cm³/mol. The second-order valence-corrected chi connectivity index (χ2v) is 6.30. The number of aliphatic carboxylic acids is 1. The smallest absolute Gasteiger partial charge is 0.341 e. The summed E-state index contributed by atoms with van der Waals surface area (Å²) in [4.78, 5) is 25.1. The first-order valence-corrected chi connectivity index (χ1v) is 7.90. The van der Waals surface area contributed by atoms with Gasteiger partial charge in [0.1, 0.15) is 5.75 Å². The molecule has 124 valence electrons. The van der Waals surface area contributed by atoms with Crippen molar-refractivity contribution in [1.82, 2.24) is 4.90 Å². The van der Waals surface area contributed by atoms with E-state index < -0.39 is 12.6 Å². The standard InChI is InChI=1S/C17H21NO5/c19-15(20)11-23-14-3-1-2-13(10-14)16(21)18-7-4-17(12-18)5-8-22-9-6-17/h1-3,10H,4-9,11-12H2,(H,19,20). The first-order valence-electron chi connectivity index (χ1n) is 7.90. The molecule has 1 N–H and O–H groups in total. The number of ether oxygens (including phenoxy) is 2. The van der Waals surface area contributed by atoms with Gasteiger partial charge in [-0.05, 0) is 42.9 Å². The van der Waals surface area contributed by atoms with Gasteiger partial charge in [-0.1, -0.05) is 6.07 Å². The normalized spacial score (nSPS) is 19.7. The van der Waals surface area contributed by atoms with Gasteiger partial charge in [0.05, 0.1) is 0 Å². The van der Waals surface area contributed by atoms with Crippen LogP contribution in [0.4, 0.5) is 0 Å². The molecular weight excluding hydrogens is 298 g/mol. The van der Waals surface area contributed by atoms with Crippen molar-refractivity contribution in [3.63, 3.8) is 0 Å². The molecule has 1 spiro atoms. The van der Waals surface area contributed by atoms with E-state index in [2.05, 4.69) is 0 Å². The highest BCUT2D eigenvalue weighted by Crippen LogP contribution is 2.40. The number of benzene rings is 1. The maximum atomic E-state index is 12.7. The van der Waals surface area contributed by atoms with Crippen LogP contribution in [-0.4, -0.2) is 54.8 Å². The average Bonchev–Trinajstić information content (AvgIpc) is 2.96. The van der Waals surface area contributed by atoms with Crippen molar-refractivity contribution in [3.8, 4) is 5.75 Å². The van der Waals surface area contributed by atoms with Crippen molar-refractivity contribution in [2.75, 3.05) is 32.9 Å². The molecule has 0 atom stereocenters. The molecule has 3 rings (SSSR count). The van der Waals surface area contributed by atoms with E-state index in [0.29, 0.717) is 11.3 Å². The van der Waals surface area contributed by atoms with Crippen LogP contribution in [0.25, 0.3) is 0 Å². The fraction of sp³-hybridized carbons (Fsp3) is 0.529. The largest absolute Gasteiger partial charge is 0.482 e. The molecule has 2 saturated heterocycles. The lowest BCUT2D eigenvalue weighted by atomic mass is 9.80. The summed E-state index contributed by atoms with van der Waals surface area (Å²) < 4.78 is 10.6. The average molecular weight is 319 g/mol. The number of likely N-dealkylation sites (tertiary alicyclic amines) is 1. The van der Waals surface area contributed by atoms with Gasteiger partial charge in [-0.2, -0.15) is 0 Å². The number of rotatable bonds is 4. The Kier molecular flexibility index (Phi) is 4.52. The monoisotopic (exact) mass is 319 g/mol. The van der Waals surface area contributed by atoms with E-state index in [9.17, 15) is 9.59 Å². The maximum absolute atomic E-state index is 12.7. The Bertz CT molecular complexity index is 594. The summed E-state index contributed by atoms with van der Waals surface area (Å²) in [6.45, 7) is 2.68. The van der Waals surface area contributed by atoms with E-state index in [1.807, 2.05) is 4.90 Å². The Hall–Kier alpha value is -2.08. The van der Waals surface area contributed by atoms with Crippen LogP contribution in [0.1, 0.15) is 29.6 Å². The summed E-state index contributed by atoms with van der Waals surface area (Å²) in [5.41, 5.74) is 0.753. The van der Waals surface area contributed by atoms with Crippen LogP contribution in [-0.2, 0) is 9.53 Å². The van der Waals surface area contributed by atoms with Gasteiger partial charge in [0.15, 0.2) is 6.61 Å². The highest BCUT2D eigenvalue weighted by Gasteiger charge is 2.41. The molecule has 1 amide bonds. The predicted octanol–water partition coefficient (Wildman–Crippen LogP) is 1.79. The minimum absolute atomic E-state index is 0.0193. The molecule has 1 aromatic rings. The summed E-state index contributed by atoms with van der Waals surface area (Å²) in [5.74, 6) is -0.657. The third-order valence-corrected chi connectivity index (χ3v) is 4.72. The molecule has 2 heterocycles. The number of carboxylic acid groups (broad SMARTS) is 1. The molecule has 0 aromatic heterocycles. The van der Waals surface area contributed by atoms with Crippen molar-refractivity contribution >= 4 is 11.9 Å². The first kappa shape index (κ1) is 15.8. The minimum atomic E-state index is -1.04. The molecule has 2 aliphatic rings. The van der Waals surface area contributed by atoms with Gasteiger partial charge in [-0.15, -0.1) is 0 Å². The summed E-state index contributed by atoms with van der Waals surface area (Å²) >= 11 is 0. The molecule has 6 nitrogen and oxygen atoms in total. The Labute approximate surface area is 135 Å². The molecule has 0 saturated carbocycles. The summed E-state index contributed by atoms with van der Waals surface area (Å²) in [7, 11) is 0. The van der Waals surface area contributed by atoms with Crippen molar-refractivity contribution in [1.29, 1.82) is 0 Å². The van der Waals surface area contributed by atoms with Gasteiger partial charge < -0.3 is 19.5 Å². The quantitative estimate of drug-likeness (QED) is 0.915. The molecule has 2 fully saturated rings. The number of nitrogens with zero attached hydrogens (tertiary/aromatic N) is 1. The lowest BCUT2D eigenvalue weighted by Gasteiger charge is -2.33. The van der Waals surface area contributed by atoms with E-state index >= 15 is 0 Å². The van der Waals surface area contributed by atoms with Gasteiger partial charge in [-0.3, -0.25) is 4.79 Å². The molecule has 0 bridgehead atoms. The van der Waals surface area contributed by atoms with Crippen LogP contribution >= 0.6 is 0 Å². The van der Waals surface area contributed by atoms with E-state index in [0.717, 1.165) is 45.6 Å². The SMILES string of the molecule is O=C(O)COc1cccc(C(=O)N2CCC3(CCOCC3)C2)c1. The number of carboxylic acids is 1. The van der Waals surface area contributed by atoms with E-state index in [1.165, 1.54) is 0 Å². The Morgan fingerprint density at radius 1 is 1.26 bits per heavy atom. The van der Waals surface area contributed by atoms with E-state index in [-0.39, 0.29) is 11.3 Å². The maximum Gasteiger partial charge on any atom is 0.341 e. The topological polar surface area (TPSA) is 76.1 Å². The van der Waals surface area contributed by atoms with Gasteiger partial charge in [-0.25, -0.2) is 4.79 Å². The molecule has 2 aliphatic heterocycles. The second-order valence-electron chi connectivity index (χ2n) is 6.30. The van der Waals surface area contributed by atoms with Crippen LogP contribution in [0.15, 0.2) is 24.3 Å². The fourth-order valence-corrected chi connectivity index (χ4v) is 3.37. The highest BCUT2D eigenvalue weighted by molar-refractivity contribution is 5.94. The Morgan fingerprint density at radius 2 is 2.04 bits per heavy atom.